The molecule has 3 nitrogen and oxygen atoms in total. The van der Waals surface area contributed by atoms with Gasteiger partial charge >= 0.3 is 0 Å². The summed E-state index contributed by atoms with van der Waals surface area (Å²) >= 11 is 0. The minimum absolute atomic E-state index is 0.362. The predicted molar refractivity (Wildman–Crippen MR) is 72.8 cm³/mol. The number of ether oxygens (including phenoxy) is 1. The van der Waals surface area contributed by atoms with Gasteiger partial charge in [0.05, 0.1) is 12.7 Å². The van der Waals surface area contributed by atoms with E-state index in [1.807, 2.05) is 0 Å². The number of nitrogens with zero attached hydrogens (tertiary/aromatic N) is 1. The number of hydrogen-bond donors (Lipinski definition) is 1. The summed E-state index contributed by atoms with van der Waals surface area (Å²) in [6.07, 6.45) is 1.63. The molecular formula is C15H22N2O. The molecule has 3 rings (SSSR count). The highest BCUT2D eigenvalue weighted by atomic mass is 16.5. The first-order valence-corrected chi connectivity index (χ1v) is 6.91. The summed E-state index contributed by atoms with van der Waals surface area (Å²) in [5.41, 5.74) is 1.47. The van der Waals surface area contributed by atoms with Gasteiger partial charge in [0.25, 0.3) is 0 Å². The van der Waals surface area contributed by atoms with Gasteiger partial charge in [0.1, 0.15) is 0 Å². The summed E-state index contributed by atoms with van der Waals surface area (Å²) in [6.45, 7) is 3.97. The van der Waals surface area contributed by atoms with Crippen molar-refractivity contribution in [2.24, 2.45) is 0 Å². The van der Waals surface area contributed by atoms with Gasteiger partial charge in [0.2, 0.25) is 0 Å². The quantitative estimate of drug-likeness (QED) is 0.870. The maximum absolute atomic E-state index is 5.76. The van der Waals surface area contributed by atoms with E-state index in [1.54, 1.807) is 0 Å². The second-order valence-corrected chi connectivity index (χ2v) is 5.52. The molecule has 1 heterocycles. The first-order valence-electron chi connectivity index (χ1n) is 6.91. The topological polar surface area (TPSA) is 24.5 Å². The Labute approximate surface area is 109 Å². The average Bonchev–Trinajstić information content (AvgIpc) is 3.17. The smallest absolute Gasteiger partial charge is 0.0826 e. The van der Waals surface area contributed by atoms with Gasteiger partial charge in [0.15, 0.2) is 0 Å². The van der Waals surface area contributed by atoms with E-state index in [9.17, 15) is 0 Å². The molecule has 0 radical (unpaired) electrons. The zero-order valence-electron chi connectivity index (χ0n) is 11.0. The normalized spacial score (nSPS) is 32.4. The van der Waals surface area contributed by atoms with Crippen molar-refractivity contribution in [1.82, 2.24) is 10.2 Å². The molecule has 0 spiro atoms. The second-order valence-electron chi connectivity index (χ2n) is 5.52. The van der Waals surface area contributed by atoms with Crippen molar-refractivity contribution >= 4 is 0 Å². The van der Waals surface area contributed by atoms with Crippen LogP contribution in [0.5, 0.6) is 0 Å². The van der Waals surface area contributed by atoms with E-state index < -0.39 is 0 Å². The standard InChI is InChI=1S/C15H22N2O/c1-17-7-8-18-13(11-17)10-16-15-9-14(15)12-5-3-2-4-6-12/h2-6,13-16H,7-11H2,1H3. The Morgan fingerprint density at radius 1 is 1.33 bits per heavy atom. The Balaban J connectivity index is 1.43. The van der Waals surface area contributed by atoms with Gasteiger partial charge < -0.3 is 15.0 Å². The van der Waals surface area contributed by atoms with Gasteiger partial charge in [0, 0.05) is 31.6 Å². The van der Waals surface area contributed by atoms with Gasteiger partial charge in [-0.1, -0.05) is 30.3 Å². The molecule has 0 bridgehead atoms. The highest BCUT2D eigenvalue weighted by molar-refractivity contribution is 5.27. The van der Waals surface area contributed by atoms with Crippen LogP contribution in [-0.2, 0) is 4.74 Å². The molecule has 1 saturated heterocycles. The number of nitrogens with one attached hydrogen (secondary N) is 1. The molecule has 1 aromatic rings. The third kappa shape index (κ3) is 2.91. The molecule has 1 saturated carbocycles. The lowest BCUT2D eigenvalue weighted by Crippen LogP contribution is -2.45. The molecule has 3 heteroatoms. The Bertz CT molecular complexity index is 381. The summed E-state index contributed by atoms with van der Waals surface area (Å²) < 4.78 is 5.76. The molecule has 3 unspecified atom stereocenters. The van der Waals surface area contributed by atoms with E-state index in [1.165, 1.54) is 12.0 Å². The fourth-order valence-electron chi connectivity index (χ4n) is 2.76. The average molecular weight is 246 g/mol. The third-order valence-electron chi connectivity index (χ3n) is 3.97. The third-order valence-corrected chi connectivity index (χ3v) is 3.97. The number of benzene rings is 1. The van der Waals surface area contributed by atoms with E-state index in [0.29, 0.717) is 18.1 Å². The van der Waals surface area contributed by atoms with Crippen LogP contribution >= 0.6 is 0 Å². The van der Waals surface area contributed by atoms with E-state index in [0.717, 1.165) is 26.2 Å². The maximum atomic E-state index is 5.76. The van der Waals surface area contributed by atoms with Crippen LogP contribution in [0.1, 0.15) is 17.9 Å². The molecule has 98 valence electrons. The highest BCUT2D eigenvalue weighted by Gasteiger charge is 2.38. The van der Waals surface area contributed by atoms with Gasteiger partial charge in [-0.2, -0.15) is 0 Å². The summed E-state index contributed by atoms with van der Waals surface area (Å²) in [7, 11) is 2.17. The molecule has 1 aliphatic heterocycles. The van der Waals surface area contributed by atoms with Crippen molar-refractivity contribution in [3.63, 3.8) is 0 Å². The van der Waals surface area contributed by atoms with Crippen LogP contribution in [-0.4, -0.2) is 50.3 Å². The van der Waals surface area contributed by atoms with Crippen molar-refractivity contribution < 1.29 is 4.74 Å². The van der Waals surface area contributed by atoms with Crippen molar-refractivity contribution in [2.45, 2.75) is 24.5 Å². The Kier molecular flexibility index (Phi) is 3.64. The molecule has 1 aliphatic carbocycles. The largest absolute Gasteiger partial charge is 0.374 e. The van der Waals surface area contributed by atoms with Crippen LogP contribution in [0.3, 0.4) is 0 Å². The fraction of sp³-hybridized carbons (Fsp3) is 0.600. The lowest BCUT2D eigenvalue weighted by Gasteiger charge is -2.30. The molecule has 1 aromatic carbocycles. The molecule has 18 heavy (non-hydrogen) atoms. The van der Waals surface area contributed by atoms with E-state index in [4.69, 9.17) is 4.74 Å². The van der Waals surface area contributed by atoms with Crippen LogP contribution in [0.25, 0.3) is 0 Å². The summed E-state index contributed by atoms with van der Waals surface area (Å²) in [4.78, 5) is 2.34. The van der Waals surface area contributed by atoms with Crippen molar-refractivity contribution in [3.05, 3.63) is 35.9 Å². The monoisotopic (exact) mass is 246 g/mol. The Morgan fingerprint density at radius 2 is 2.17 bits per heavy atom. The molecular weight excluding hydrogens is 224 g/mol. The second kappa shape index (κ2) is 5.39. The van der Waals surface area contributed by atoms with E-state index in [2.05, 4.69) is 47.6 Å². The molecule has 3 atom stereocenters. The van der Waals surface area contributed by atoms with Gasteiger partial charge in [-0.25, -0.2) is 0 Å². The summed E-state index contributed by atoms with van der Waals surface area (Å²) in [5, 5.41) is 3.64. The lowest BCUT2D eigenvalue weighted by molar-refractivity contribution is -0.0182. The highest BCUT2D eigenvalue weighted by Crippen LogP contribution is 2.40. The number of morpholine rings is 1. The molecule has 2 fully saturated rings. The zero-order valence-corrected chi connectivity index (χ0v) is 11.0. The fourth-order valence-corrected chi connectivity index (χ4v) is 2.76. The van der Waals surface area contributed by atoms with Crippen LogP contribution in [0.2, 0.25) is 0 Å². The molecule has 0 aromatic heterocycles. The van der Waals surface area contributed by atoms with E-state index >= 15 is 0 Å². The first-order chi connectivity index (χ1) is 8.83. The lowest BCUT2D eigenvalue weighted by atomic mass is 10.1. The first kappa shape index (κ1) is 12.2. The maximum Gasteiger partial charge on any atom is 0.0826 e. The SMILES string of the molecule is CN1CCOC(CNC2CC2c2ccccc2)C1. The van der Waals surface area contributed by atoms with Crippen LogP contribution in [0, 0.1) is 0 Å². The van der Waals surface area contributed by atoms with Gasteiger partial charge in [-0.15, -0.1) is 0 Å². The number of likely N-dealkylation sites (N-methyl/N-ethyl adjacent to an activating group) is 1. The summed E-state index contributed by atoms with van der Waals surface area (Å²) in [6, 6.07) is 11.5. The van der Waals surface area contributed by atoms with Gasteiger partial charge in [-0.05, 0) is 19.0 Å². The minimum atomic E-state index is 0.362. The minimum Gasteiger partial charge on any atom is -0.374 e. The molecule has 0 amide bonds. The zero-order chi connectivity index (χ0) is 12.4. The number of hydrogen-bond acceptors (Lipinski definition) is 3. The van der Waals surface area contributed by atoms with Crippen LogP contribution < -0.4 is 5.32 Å². The molecule has 2 aliphatic rings. The van der Waals surface area contributed by atoms with Crippen LogP contribution in [0.15, 0.2) is 30.3 Å². The Hall–Kier alpha value is -0.900. The van der Waals surface area contributed by atoms with Crippen molar-refractivity contribution in [3.8, 4) is 0 Å². The molecule has 1 N–H and O–H groups in total. The van der Waals surface area contributed by atoms with Crippen molar-refractivity contribution in [2.75, 3.05) is 33.3 Å². The van der Waals surface area contributed by atoms with Crippen molar-refractivity contribution in [1.29, 1.82) is 0 Å². The summed E-state index contributed by atoms with van der Waals surface area (Å²) in [5.74, 6) is 0.715. The van der Waals surface area contributed by atoms with E-state index in [-0.39, 0.29) is 0 Å². The number of rotatable bonds is 4. The predicted octanol–water partition coefficient (Wildman–Crippen LogP) is 1.46. The van der Waals surface area contributed by atoms with Crippen LogP contribution in [0.4, 0.5) is 0 Å². The van der Waals surface area contributed by atoms with Gasteiger partial charge in [-0.3, -0.25) is 0 Å². The Morgan fingerprint density at radius 3 is 2.94 bits per heavy atom.